The van der Waals surface area contributed by atoms with Gasteiger partial charge in [-0.1, -0.05) is 24.3 Å². The summed E-state index contributed by atoms with van der Waals surface area (Å²) in [6.45, 7) is 2.59. The first kappa shape index (κ1) is 22.3. The van der Waals surface area contributed by atoms with E-state index in [1.165, 1.54) is 24.3 Å². The highest BCUT2D eigenvalue weighted by molar-refractivity contribution is 7.82. The topological polar surface area (TPSA) is 63.2 Å². The van der Waals surface area contributed by atoms with Gasteiger partial charge in [0.1, 0.15) is 18.5 Å². The van der Waals surface area contributed by atoms with E-state index in [2.05, 4.69) is 10.3 Å². The molecule has 154 valence electrons. The third kappa shape index (κ3) is 7.17. The van der Waals surface area contributed by atoms with Crippen molar-refractivity contribution in [3.05, 3.63) is 59.5 Å². The van der Waals surface area contributed by atoms with Crippen LogP contribution in [0.1, 0.15) is 24.1 Å². The summed E-state index contributed by atoms with van der Waals surface area (Å²) in [6, 6.07) is 6.49. The van der Waals surface area contributed by atoms with Gasteiger partial charge in [-0.15, -0.1) is 0 Å². The predicted octanol–water partition coefficient (Wildman–Crippen LogP) is 3.26. The maximum atomic E-state index is 13.1. The molecule has 5 nitrogen and oxygen atoms in total. The quantitative estimate of drug-likeness (QED) is 0.613. The minimum Gasteiger partial charge on any atom is -0.476 e. The predicted molar refractivity (Wildman–Crippen MR) is 98.4 cm³/mol. The number of nitrogens with zero attached hydrogens (tertiary/aromatic N) is 1. The Bertz CT molecular complexity index is 770. The molecule has 2 rings (SSSR count). The number of rotatable bonds is 9. The molecule has 0 amide bonds. The summed E-state index contributed by atoms with van der Waals surface area (Å²) in [5.41, 5.74) is 0.777. The Morgan fingerprint density at radius 3 is 2.39 bits per heavy atom. The first-order valence-electron chi connectivity index (χ1n) is 8.38. The number of benzene rings is 1. The molecule has 0 aliphatic heterocycles. The fourth-order valence-electron chi connectivity index (χ4n) is 2.33. The van der Waals surface area contributed by atoms with Crippen LogP contribution in [0.15, 0.2) is 42.6 Å². The molecule has 2 N–H and O–H groups in total. The largest absolute Gasteiger partial charge is 0.476 e. The lowest BCUT2D eigenvalue weighted by molar-refractivity contribution is -0.152. The van der Waals surface area contributed by atoms with Crippen LogP contribution in [0.3, 0.4) is 0 Å². The molecule has 0 fully saturated rings. The number of alkyl halides is 3. The van der Waals surface area contributed by atoms with E-state index in [0.29, 0.717) is 19.0 Å². The van der Waals surface area contributed by atoms with Crippen LogP contribution in [0.25, 0.3) is 0 Å². The lowest BCUT2D eigenvalue weighted by atomic mass is 10.0. The minimum absolute atomic E-state index is 0.00906. The standard InChI is InChI=1S/C18H21F4N3O2S/c1-12(11-27-16-8-7-15(19)10-24-16)23-9-13-3-5-14(6-4-13)17(18(20,21)22)25-28(2)26/h3-8,10,12,17,23,25H,9,11H2,1-2H3/t12-,17-,28?/m0/s1. The summed E-state index contributed by atoms with van der Waals surface area (Å²) in [6.07, 6.45) is -2.33. The van der Waals surface area contributed by atoms with Gasteiger partial charge in [0.15, 0.2) is 0 Å². The first-order valence-corrected chi connectivity index (χ1v) is 9.94. The monoisotopic (exact) mass is 419 g/mol. The molecule has 0 saturated carbocycles. The average Bonchev–Trinajstić information content (AvgIpc) is 2.63. The maximum Gasteiger partial charge on any atom is 0.408 e. The highest BCUT2D eigenvalue weighted by Gasteiger charge is 2.41. The van der Waals surface area contributed by atoms with E-state index >= 15 is 0 Å². The maximum absolute atomic E-state index is 13.1. The summed E-state index contributed by atoms with van der Waals surface area (Å²) < 4.78 is 70.8. The van der Waals surface area contributed by atoms with Crippen LogP contribution in [0, 0.1) is 5.82 Å². The van der Waals surface area contributed by atoms with E-state index in [-0.39, 0.29) is 11.6 Å². The Kier molecular flexibility index (Phi) is 7.90. The number of nitrogens with one attached hydrogen (secondary N) is 2. The molecule has 0 aliphatic carbocycles. The third-order valence-electron chi connectivity index (χ3n) is 3.76. The molecule has 0 bridgehead atoms. The van der Waals surface area contributed by atoms with E-state index < -0.39 is 29.0 Å². The van der Waals surface area contributed by atoms with Crippen molar-refractivity contribution >= 4 is 11.0 Å². The summed E-state index contributed by atoms with van der Waals surface area (Å²) in [4.78, 5) is 3.79. The van der Waals surface area contributed by atoms with Gasteiger partial charge >= 0.3 is 6.18 Å². The normalized spacial score (nSPS) is 15.1. The van der Waals surface area contributed by atoms with Crippen LogP contribution in [0.2, 0.25) is 0 Å². The van der Waals surface area contributed by atoms with E-state index in [4.69, 9.17) is 4.74 Å². The lowest BCUT2D eigenvalue weighted by Gasteiger charge is -2.21. The molecule has 1 aromatic heterocycles. The Morgan fingerprint density at radius 1 is 1.18 bits per heavy atom. The van der Waals surface area contributed by atoms with Gasteiger partial charge in [-0.25, -0.2) is 18.3 Å². The second kappa shape index (κ2) is 9.94. The fourth-order valence-corrected chi connectivity index (χ4v) is 2.93. The van der Waals surface area contributed by atoms with Crippen molar-refractivity contribution in [3.63, 3.8) is 0 Å². The smallest absolute Gasteiger partial charge is 0.408 e. The van der Waals surface area contributed by atoms with E-state index in [9.17, 15) is 21.8 Å². The Morgan fingerprint density at radius 2 is 1.86 bits per heavy atom. The Hall–Kier alpha value is -2.04. The SMILES string of the molecule is C[C@@H](COc1ccc(F)cn1)NCc1ccc([C@H](NS(C)=O)C(F)(F)F)cc1. The van der Waals surface area contributed by atoms with E-state index in [1.54, 1.807) is 12.1 Å². The molecule has 0 radical (unpaired) electrons. The van der Waals surface area contributed by atoms with Gasteiger partial charge in [0, 0.05) is 24.9 Å². The number of ether oxygens (including phenoxy) is 1. The van der Waals surface area contributed by atoms with Crippen molar-refractivity contribution in [2.75, 3.05) is 12.9 Å². The third-order valence-corrected chi connectivity index (χ3v) is 4.33. The second-order valence-corrected chi connectivity index (χ2v) is 7.34. The Balaban J connectivity index is 1.87. The molecular formula is C18H21F4N3O2S. The van der Waals surface area contributed by atoms with E-state index in [1.807, 2.05) is 11.6 Å². The number of pyridine rings is 1. The summed E-state index contributed by atoms with van der Waals surface area (Å²) in [7, 11) is -1.80. The van der Waals surface area contributed by atoms with Gasteiger partial charge in [0.05, 0.1) is 17.2 Å². The van der Waals surface area contributed by atoms with Crippen LogP contribution in [-0.4, -0.2) is 34.3 Å². The van der Waals surface area contributed by atoms with Gasteiger partial charge in [-0.05, 0) is 24.1 Å². The van der Waals surface area contributed by atoms with Crippen molar-refractivity contribution in [3.8, 4) is 5.88 Å². The molecule has 0 aliphatic rings. The number of hydrogen-bond acceptors (Lipinski definition) is 4. The van der Waals surface area contributed by atoms with Crippen LogP contribution in [0.5, 0.6) is 5.88 Å². The molecule has 1 aromatic carbocycles. The summed E-state index contributed by atoms with van der Waals surface area (Å²) >= 11 is 0. The van der Waals surface area contributed by atoms with Crippen LogP contribution in [-0.2, 0) is 17.5 Å². The molecule has 0 spiro atoms. The van der Waals surface area contributed by atoms with Crippen LogP contribution < -0.4 is 14.8 Å². The second-order valence-electron chi connectivity index (χ2n) is 6.20. The molecule has 0 saturated heterocycles. The van der Waals surface area contributed by atoms with E-state index in [0.717, 1.165) is 18.0 Å². The van der Waals surface area contributed by atoms with Crippen LogP contribution in [0.4, 0.5) is 17.6 Å². The van der Waals surface area contributed by atoms with Crippen molar-refractivity contribution in [1.82, 2.24) is 15.0 Å². The average molecular weight is 419 g/mol. The van der Waals surface area contributed by atoms with Crippen molar-refractivity contribution in [2.45, 2.75) is 31.7 Å². The fraction of sp³-hybridized carbons (Fsp3) is 0.389. The zero-order valence-corrected chi connectivity index (χ0v) is 16.1. The minimum atomic E-state index is -4.55. The van der Waals surface area contributed by atoms with Crippen molar-refractivity contribution < 1.29 is 26.5 Å². The van der Waals surface area contributed by atoms with Gasteiger partial charge < -0.3 is 10.1 Å². The lowest BCUT2D eigenvalue weighted by Crippen LogP contribution is -2.35. The highest BCUT2D eigenvalue weighted by Crippen LogP contribution is 2.32. The van der Waals surface area contributed by atoms with Crippen molar-refractivity contribution in [2.24, 2.45) is 0 Å². The number of halogens is 4. The first-order chi connectivity index (χ1) is 13.1. The Labute approximate surface area is 163 Å². The zero-order valence-electron chi connectivity index (χ0n) is 15.3. The molecular weight excluding hydrogens is 398 g/mol. The van der Waals surface area contributed by atoms with Gasteiger partial charge in [-0.3, -0.25) is 0 Å². The van der Waals surface area contributed by atoms with Gasteiger partial charge in [0.2, 0.25) is 5.88 Å². The molecule has 28 heavy (non-hydrogen) atoms. The zero-order chi connectivity index (χ0) is 20.7. The van der Waals surface area contributed by atoms with Crippen molar-refractivity contribution in [1.29, 1.82) is 0 Å². The molecule has 3 atom stereocenters. The number of hydrogen-bond donors (Lipinski definition) is 2. The van der Waals surface area contributed by atoms with Gasteiger partial charge in [0.25, 0.3) is 0 Å². The summed E-state index contributed by atoms with van der Waals surface area (Å²) in [5.74, 6) is -0.145. The summed E-state index contributed by atoms with van der Waals surface area (Å²) in [5, 5.41) is 3.18. The molecule has 1 unspecified atom stereocenters. The molecule has 1 heterocycles. The van der Waals surface area contributed by atoms with Crippen LogP contribution >= 0.6 is 0 Å². The number of aromatic nitrogens is 1. The molecule has 2 aromatic rings. The molecule has 10 heteroatoms. The van der Waals surface area contributed by atoms with Gasteiger partial charge in [-0.2, -0.15) is 13.2 Å². The highest BCUT2D eigenvalue weighted by atomic mass is 32.2.